The number of hydrogen-bond acceptors (Lipinski definition) is 3. The summed E-state index contributed by atoms with van der Waals surface area (Å²) in [6, 6.07) is 22.5. The molecule has 4 rings (SSSR count). The van der Waals surface area contributed by atoms with Crippen LogP contribution in [0.4, 0.5) is 0 Å². The minimum atomic E-state index is -0.921. The van der Waals surface area contributed by atoms with E-state index in [0.29, 0.717) is 24.4 Å². The lowest BCUT2D eigenvalue weighted by Gasteiger charge is -2.24. The average Bonchev–Trinajstić information content (AvgIpc) is 3.20. The molecule has 1 aliphatic heterocycles. The van der Waals surface area contributed by atoms with Gasteiger partial charge in [0.2, 0.25) is 0 Å². The maximum atomic E-state index is 13.6. The molecule has 1 atom stereocenters. The molecule has 3 aromatic rings. The molecule has 0 bridgehead atoms. The smallest absolute Gasteiger partial charge is 0.305 e. The Hall–Kier alpha value is -3.60. The zero-order valence-electron chi connectivity index (χ0n) is 24.1. The van der Waals surface area contributed by atoms with E-state index in [9.17, 15) is 14.7 Å². The Morgan fingerprint density at radius 1 is 0.974 bits per heavy atom. The molecular formula is C34H41NO4. The van der Waals surface area contributed by atoms with Gasteiger partial charge in [0.25, 0.3) is 5.91 Å². The molecule has 1 amide bonds. The molecule has 0 radical (unpaired) electrons. The molecule has 0 fully saturated rings. The predicted octanol–water partition coefficient (Wildman–Crippen LogP) is 7.16. The number of carbonyl (C=O) groups excluding carboxylic acids is 1. The van der Waals surface area contributed by atoms with Gasteiger partial charge in [-0.15, -0.1) is 0 Å². The summed E-state index contributed by atoms with van der Waals surface area (Å²) >= 11 is 0. The molecule has 206 valence electrons. The number of nitrogens with zero attached hydrogens (tertiary/aromatic N) is 1. The van der Waals surface area contributed by atoms with Gasteiger partial charge in [0.1, 0.15) is 11.4 Å². The number of benzene rings is 3. The minimum Gasteiger partial charge on any atom is -0.487 e. The highest BCUT2D eigenvalue weighted by atomic mass is 16.5. The highest BCUT2D eigenvalue weighted by Crippen LogP contribution is 2.38. The van der Waals surface area contributed by atoms with Crippen LogP contribution in [0, 0.1) is 0 Å². The molecule has 5 nitrogen and oxygen atoms in total. The summed E-state index contributed by atoms with van der Waals surface area (Å²) < 4.78 is 6.38. The van der Waals surface area contributed by atoms with Crippen molar-refractivity contribution in [2.45, 2.75) is 84.3 Å². The highest BCUT2D eigenvalue weighted by molar-refractivity contribution is 5.95. The summed E-state index contributed by atoms with van der Waals surface area (Å²) in [4.78, 5) is 26.6. The summed E-state index contributed by atoms with van der Waals surface area (Å²) in [6.07, 6.45) is 1.38. The monoisotopic (exact) mass is 527 g/mol. The van der Waals surface area contributed by atoms with Gasteiger partial charge in [0, 0.05) is 31.5 Å². The zero-order valence-corrected chi connectivity index (χ0v) is 24.1. The Morgan fingerprint density at radius 2 is 1.62 bits per heavy atom. The van der Waals surface area contributed by atoms with E-state index in [4.69, 9.17) is 4.74 Å². The first-order chi connectivity index (χ1) is 18.3. The molecular weight excluding hydrogens is 486 g/mol. The van der Waals surface area contributed by atoms with E-state index < -0.39 is 5.97 Å². The molecule has 1 aliphatic rings. The largest absolute Gasteiger partial charge is 0.487 e. The number of aliphatic carboxylic acids is 1. The van der Waals surface area contributed by atoms with Crippen molar-refractivity contribution in [3.8, 4) is 5.75 Å². The molecule has 1 N–H and O–H groups in total. The number of amides is 1. The highest BCUT2D eigenvalue weighted by Gasteiger charge is 2.35. The van der Waals surface area contributed by atoms with E-state index in [1.807, 2.05) is 24.3 Å². The molecule has 0 saturated carbocycles. The summed E-state index contributed by atoms with van der Waals surface area (Å²) in [5, 5.41) is 9.30. The molecule has 3 aromatic carbocycles. The normalized spacial score (nSPS) is 16.6. The van der Waals surface area contributed by atoms with Crippen LogP contribution in [0.15, 0.2) is 66.7 Å². The van der Waals surface area contributed by atoms with Crippen molar-refractivity contribution < 1.29 is 19.4 Å². The van der Waals surface area contributed by atoms with Crippen molar-refractivity contribution in [1.29, 1.82) is 0 Å². The van der Waals surface area contributed by atoms with E-state index in [1.165, 1.54) is 16.7 Å². The van der Waals surface area contributed by atoms with Gasteiger partial charge in [-0.3, -0.25) is 9.59 Å². The molecule has 0 spiro atoms. The number of carbonyl (C=O) groups is 2. The second kappa shape index (κ2) is 11.3. The Bertz CT molecular complexity index is 1320. The molecule has 1 heterocycles. The lowest BCUT2D eigenvalue weighted by Crippen LogP contribution is -2.33. The summed E-state index contributed by atoms with van der Waals surface area (Å²) in [6.45, 7) is 13.5. The van der Waals surface area contributed by atoms with Gasteiger partial charge in [-0.1, -0.05) is 83.1 Å². The average molecular weight is 528 g/mol. The van der Waals surface area contributed by atoms with Gasteiger partial charge in [-0.05, 0) is 64.3 Å². The summed E-state index contributed by atoms with van der Waals surface area (Å²) in [7, 11) is 0. The molecule has 1 unspecified atom stereocenters. The maximum absolute atomic E-state index is 13.6. The summed E-state index contributed by atoms with van der Waals surface area (Å²) in [5.74, 6) is 0.213. The second-order valence-electron chi connectivity index (χ2n) is 12.4. The Morgan fingerprint density at radius 3 is 2.21 bits per heavy atom. The molecule has 5 heteroatoms. The van der Waals surface area contributed by atoms with E-state index in [-0.39, 0.29) is 29.9 Å². The van der Waals surface area contributed by atoms with Gasteiger partial charge in [0.05, 0.1) is 6.42 Å². The van der Waals surface area contributed by atoms with E-state index in [0.717, 1.165) is 23.3 Å². The first-order valence-corrected chi connectivity index (χ1v) is 13.8. The van der Waals surface area contributed by atoms with Crippen LogP contribution in [0.3, 0.4) is 0 Å². The lowest BCUT2D eigenvalue weighted by molar-refractivity contribution is -0.137. The third-order valence-corrected chi connectivity index (χ3v) is 7.53. The number of ether oxygens (including phenoxy) is 1. The van der Waals surface area contributed by atoms with Crippen LogP contribution in [-0.4, -0.2) is 34.0 Å². The van der Waals surface area contributed by atoms with Crippen molar-refractivity contribution in [3.63, 3.8) is 0 Å². The van der Waals surface area contributed by atoms with Gasteiger partial charge < -0.3 is 14.7 Å². The van der Waals surface area contributed by atoms with Gasteiger partial charge in [0.15, 0.2) is 0 Å². The van der Waals surface area contributed by atoms with E-state index >= 15 is 0 Å². The number of fused-ring (bicyclic) bond motifs is 1. The molecule has 0 aliphatic carbocycles. The first-order valence-electron chi connectivity index (χ1n) is 13.8. The molecule has 0 aromatic heterocycles. The van der Waals surface area contributed by atoms with Gasteiger partial charge in [-0.25, -0.2) is 0 Å². The van der Waals surface area contributed by atoms with E-state index in [2.05, 4.69) is 77.9 Å². The van der Waals surface area contributed by atoms with Crippen LogP contribution in [0.25, 0.3) is 0 Å². The first kappa shape index (κ1) is 28.4. The van der Waals surface area contributed by atoms with Crippen LogP contribution in [0.5, 0.6) is 5.75 Å². The number of carboxylic acid groups (broad SMARTS) is 1. The molecule has 39 heavy (non-hydrogen) atoms. The van der Waals surface area contributed by atoms with Crippen molar-refractivity contribution >= 4 is 11.9 Å². The number of rotatable bonds is 9. The van der Waals surface area contributed by atoms with Crippen molar-refractivity contribution in [2.75, 3.05) is 6.54 Å². The van der Waals surface area contributed by atoms with Crippen molar-refractivity contribution in [2.24, 2.45) is 0 Å². The van der Waals surface area contributed by atoms with Crippen molar-refractivity contribution in [3.05, 3.63) is 100 Å². The molecule has 0 saturated heterocycles. The standard InChI is InChI=1S/C34H41NO4/c1-23(2)26-11-7-24(8-12-26)20-34(6)21-28-19-27(13-16-30(28)39-34)32(38)35(18-17-31(36)37)22-25-9-14-29(15-10-25)33(3,4)5/h7-16,19,23H,17-18,20-22H2,1-6H3,(H,36,37). The van der Waals surface area contributed by atoms with Crippen LogP contribution in [0.1, 0.15) is 92.1 Å². The predicted molar refractivity (Wildman–Crippen MR) is 156 cm³/mol. The third kappa shape index (κ3) is 7.08. The van der Waals surface area contributed by atoms with Crippen LogP contribution >= 0.6 is 0 Å². The van der Waals surface area contributed by atoms with Crippen LogP contribution < -0.4 is 4.74 Å². The minimum absolute atomic E-state index is 0.0376. The van der Waals surface area contributed by atoms with Crippen LogP contribution in [0.2, 0.25) is 0 Å². The Balaban J connectivity index is 1.50. The van der Waals surface area contributed by atoms with Crippen molar-refractivity contribution in [1.82, 2.24) is 4.90 Å². The van der Waals surface area contributed by atoms with Crippen LogP contribution in [-0.2, 0) is 29.6 Å². The maximum Gasteiger partial charge on any atom is 0.305 e. The number of hydrogen-bond donors (Lipinski definition) is 1. The lowest BCUT2D eigenvalue weighted by atomic mass is 9.87. The fourth-order valence-electron chi connectivity index (χ4n) is 5.20. The third-order valence-electron chi connectivity index (χ3n) is 7.53. The van der Waals surface area contributed by atoms with Gasteiger partial charge in [-0.2, -0.15) is 0 Å². The number of carboxylic acids is 1. The SMILES string of the molecule is CC(C)c1ccc(CC2(C)Cc3cc(C(=O)N(CCC(=O)O)Cc4ccc(C(C)(C)C)cc4)ccc3O2)cc1. The Kier molecular flexibility index (Phi) is 8.20. The fourth-order valence-corrected chi connectivity index (χ4v) is 5.20. The Labute approximate surface area is 232 Å². The van der Waals surface area contributed by atoms with E-state index in [1.54, 1.807) is 11.0 Å². The second-order valence-corrected chi connectivity index (χ2v) is 12.4. The van der Waals surface area contributed by atoms with Gasteiger partial charge >= 0.3 is 5.97 Å². The summed E-state index contributed by atoms with van der Waals surface area (Å²) in [5.41, 5.74) is 5.95. The zero-order chi connectivity index (χ0) is 28.4. The quantitative estimate of drug-likeness (QED) is 0.321. The fraction of sp³-hybridized carbons (Fsp3) is 0.412. The topological polar surface area (TPSA) is 66.8 Å².